The summed E-state index contributed by atoms with van der Waals surface area (Å²) in [6.45, 7) is 6.26. The van der Waals surface area contributed by atoms with Crippen LogP contribution in [0.15, 0.2) is 45.8 Å². The monoisotopic (exact) mass is 350 g/mol. The van der Waals surface area contributed by atoms with Gasteiger partial charge in [0.05, 0.1) is 6.10 Å². The molecule has 0 bridgehead atoms. The van der Waals surface area contributed by atoms with Gasteiger partial charge in [-0.15, -0.1) is 11.8 Å². The smallest absolute Gasteiger partial charge is 0.0886 e. The molecule has 0 spiro atoms. The molecule has 106 valence electrons. The number of halogens is 1. The quantitative estimate of drug-likeness (QED) is 0.764. The highest BCUT2D eigenvalue weighted by atomic mass is 79.9. The van der Waals surface area contributed by atoms with Gasteiger partial charge in [0.15, 0.2) is 0 Å². The fourth-order valence-corrected chi connectivity index (χ4v) is 3.26. The molecule has 0 fully saturated rings. The second kappa shape index (κ2) is 6.79. The average Bonchev–Trinajstić information content (AvgIpc) is 2.42. The van der Waals surface area contributed by atoms with Crippen molar-refractivity contribution in [1.29, 1.82) is 0 Å². The summed E-state index contributed by atoms with van der Waals surface area (Å²) in [5.74, 6) is 0.672. The third kappa shape index (κ3) is 3.87. The van der Waals surface area contributed by atoms with Crippen molar-refractivity contribution in [2.45, 2.75) is 31.8 Å². The molecule has 0 aliphatic carbocycles. The standard InChI is InChI=1S/C17H19BrOS/c1-11-8-13(3)16(9-12(11)2)17(19)10-20-15-6-4-14(18)5-7-15/h4-9,17,19H,10H2,1-3H3. The van der Waals surface area contributed by atoms with Crippen LogP contribution < -0.4 is 0 Å². The summed E-state index contributed by atoms with van der Waals surface area (Å²) in [4.78, 5) is 1.17. The summed E-state index contributed by atoms with van der Waals surface area (Å²) in [6.07, 6.45) is -0.428. The Morgan fingerprint density at radius 3 is 2.25 bits per heavy atom. The van der Waals surface area contributed by atoms with E-state index >= 15 is 0 Å². The van der Waals surface area contributed by atoms with Gasteiger partial charge in [0.2, 0.25) is 0 Å². The van der Waals surface area contributed by atoms with Crippen LogP contribution in [0.1, 0.15) is 28.4 Å². The molecule has 0 radical (unpaired) electrons. The third-order valence-electron chi connectivity index (χ3n) is 3.46. The van der Waals surface area contributed by atoms with E-state index in [1.54, 1.807) is 11.8 Å². The summed E-state index contributed by atoms with van der Waals surface area (Å²) in [6, 6.07) is 12.4. The van der Waals surface area contributed by atoms with Crippen LogP contribution in [0.2, 0.25) is 0 Å². The first-order valence-corrected chi connectivity index (χ1v) is 8.39. The minimum absolute atomic E-state index is 0.428. The van der Waals surface area contributed by atoms with Crippen LogP contribution in [-0.4, -0.2) is 10.9 Å². The lowest BCUT2D eigenvalue weighted by molar-refractivity contribution is 0.203. The first kappa shape index (κ1) is 15.6. The van der Waals surface area contributed by atoms with Crippen molar-refractivity contribution in [2.24, 2.45) is 0 Å². The fourth-order valence-electron chi connectivity index (χ4n) is 2.14. The second-order valence-corrected chi connectivity index (χ2v) is 7.08. The van der Waals surface area contributed by atoms with Crippen LogP contribution in [0.25, 0.3) is 0 Å². The third-order valence-corrected chi connectivity index (χ3v) is 5.08. The van der Waals surface area contributed by atoms with Gasteiger partial charge in [0.1, 0.15) is 0 Å². The molecule has 0 amide bonds. The number of benzene rings is 2. The van der Waals surface area contributed by atoms with Crippen molar-refractivity contribution in [2.75, 3.05) is 5.75 Å². The van der Waals surface area contributed by atoms with Gasteiger partial charge in [0.25, 0.3) is 0 Å². The van der Waals surface area contributed by atoms with E-state index < -0.39 is 6.10 Å². The minimum atomic E-state index is -0.428. The predicted octanol–water partition coefficient (Wildman–Crippen LogP) is 5.20. The molecule has 0 aliphatic heterocycles. The van der Waals surface area contributed by atoms with Crippen molar-refractivity contribution in [1.82, 2.24) is 0 Å². The maximum Gasteiger partial charge on any atom is 0.0886 e. The summed E-state index contributed by atoms with van der Waals surface area (Å²) in [5.41, 5.74) is 4.71. The highest BCUT2D eigenvalue weighted by Gasteiger charge is 2.12. The number of hydrogen-bond acceptors (Lipinski definition) is 2. The van der Waals surface area contributed by atoms with Crippen LogP contribution in [0.3, 0.4) is 0 Å². The normalized spacial score (nSPS) is 12.4. The lowest BCUT2D eigenvalue weighted by Gasteiger charge is -2.15. The molecule has 1 nitrogen and oxygen atoms in total. The van der Waals surface area contributed by atoms with Crippen LogP contribution in [0.4, 0.5) is 0 Å². The van der Waals surface area contributed by atoms with E-state index in [0.717, 1.165) is 15.6 Å². The molecule has 0 saturated carbocycles. The van der Waals surface area contributed by atoms with Crippen LogP contribution in [0, 0.1) is 20.8 Å². The molecule has 1 atom stereocenters. The maximum atomic E-state index is 10.4. The molecule has 0 saturated heterocycles. The topological polar surface area (TPSA) is 20.2 Å². The van der Waals surface area contributed by atoms with Gasteiger partial charge in [-0.3, -0.25) is 0 Å². The maximum absolute atomic E-state index is 10.4. The first-order valence-electron chi connectivity index (χ1n) is 6.61. The molecule has 0 aliphatic rings. The summed E-state index contributed by atoms with van der Waals surface area (Å²) in [7, 11) is 0. The molecule has 1 N–H and O–H groups in total. The Morgan fingerprint density at radius 2 is 1.60 bits per heavy atom. The predicted molar refractivity (Wildman–Crippen MR) is 90.5 cm³/mol. The van der Waals surface area contributed by atoms with Gasteiger partial charge in [-0.2, -0.15) is 0 Å². The van der Waals surface area contributed by atoms with Gasteiger partial charge < -0.3 is 5.11 Å². The Hall–Kier alpha value is -0.770. The molecule has 2 aromatic rings. The molecule has 0 aromatic heterocycles. The zero-order valence-corrected chi connectivity index (χ0v) is 14.4. The summed E-state index contributed by atoms with van der Waals surface area (Å²) >= 11 is 5.11. The van der Waals surface area contributed by atoms with Crippen LogP contribution >= 0.6 is 27.7 Å². The molecular formula is C17H19BrOS. The number of aryl methyl sites for hydroxylation is 3. The van der Waals surface area contributed by atoms with Crippen molar-refractivity contribution in [3.8, 4) is 0 Å². The Morgan fingerprint density at radius 1 is 1.00 bits per heavy atom. The number of thioether (sulfide) groups is 1. The highest BCUT2D eigenvalue weighted by Crippen LogP contribution is 2.28. The van der Waals surface area contributed by atoms with Crippen molar-refractivity contribution in [3.63, 3.8) is 0 Å². The Kier molecular flexibility index (Phi) is 5.30. The molecule has 3 heteroatoms. The molecule has 20 heavy (non-hydrogen) atoms. The highest BCUT2D eigenvalue weighted by molar-refractivity contribution is 9.10. The molecular weight excluding hydrogens is 332 g/mol. The minimum Gasteiger partial charge on any atom is -0.388 e. The Bertz CT molecular complexity index is 593. The fraction of sp³-hybridized carbons (Fsp3) is 0.294. The number of aliphatic hydroxyl groups is 1. The summed E-state index contributed by atoms with van der Waals surface area (Å²) < 4.78 is 1.08. The molecule has 2 rings (SSSR count). The van der Waals surface area contributed by atoms with E-state index in [-0.39, 0.29) is 0 Å². The lowest BCUT2D eigenvalue weighted by Crippen LogP contribution is -2.04. The first-order chi connectivity index (χ1) is 9.47. The van der Waals surface area contributed by atoms with Crippen molar-refractivity contribution >= 4 is 27.7 Å². The SMILES string of the molecule is Cc1cc(C)c(C(O)CSc2ccc(Br)cc2)cc1C. The second-order valence-electron chi connectivity index (χ2n) is 5.07. The van der Waals surface area contributed by atoms with E-state index in [1.165, 1.54) is 16.0 Å². The number of rotatable bonds is 4. The Balaban J connectivity index is 2.06. The number of aliphatic hydroxyl groups excluding tert-OH is 1. The molecule has 2 aromatic carbocycles. The van der Waals surface area contributed by atoms with Gasteiger partial charge >= 0.3 is 0 Å². The average molecular weight is 351 g/mol. The molecule has 0 heterocycles. The zero-order chi connectivity index (χ0) is 14.7. The largest absolute Gasteiger partial charge is 0.388 e. The summed E-state index contributed by atoms with van der Waals surface area (Å²) in [5, 5.41) is 10.4. The van der Waals surface area contributed by atoms with E-state index in [4.69, 9.17) is 0 Å². The van der Waals surface area contributed by atoms with Crippen LogP contribution in [0.5, 0.6) is 0 Å². The van der Waals surface area contributed by atoms with Crippen molar-refractivity contribution < 1.29 is 5.11 Å². The van der Waals surface area contributed by atoms with Gasteiger partial charge in [-0.25, -0.2) is 0 Å². The van der Waals surface area contributed by atoms with Crippen LogP contribution in [-0.2, 0) is 0 Å². The zero-order valence-electron chi connectivity index (χ0n) is 12.0. The van der Waals surface area contributed by atoms with Crippen molar-refractivity contribution in [3.05, 3.63) is 63.1 Å². The van der Waals surface area contributed by atoms with Gasteiger partial charge in [-0.1, -0.05) is 28.1 Å². The van der Waals surface area contributed by atoms with E-state index in [2.05, 4.69) is 61.0 Å². The van der Waals surface area contributed by atoms with Gasteiger partial charge in [-0.05, 0) is 67.3 Å². The van der Waals surface area contributed by atoms with Gasteiger partial charge in [0, 0.05) is 15.1 Å². The molecule has 1 unspecified atom stereocenters. The van der Waals surface area contributed by atoms with E-state index in [0.29, 0.717) is 5.75 Å². The number of hydrogen-bond donors (Lipinski definition) is 1. The van der Waals surface area contributed by atoms with E-state index in [9.17, 15) is 5.11 Å². The van der Waals surface area contributed by atoms with E-state index in [1.807, 2.05) is 12.1 Å². The lowest BCUT2D eigenvalue weighted by atomic mass is 9.98. The Labute approximate surface area is 133 Å².